The summed E-state index contributed by atoms with van der Waals surface area (Å²) in [6, 6.07) is 4.11. The van der Waals surface area contributed by atoms with Gasteiger partial charge in [0.1, 0.15) is 11.9 Å². The lowest BCUT2D eigenvalue weighted by molar-refractivity contribution is 0.159. The van der Waals surface area contributed by atoms with Gasteiger partial charge in [-0.2, -0.15) is 0 Å². The van der Waals surface area contributed by atoms with Gasteiger partial charge in [0, 0.05) is 17.3 Å². The molecular formula is C10H12N2OS. The van der Waals surface area contributed by atoms with Gasteiger partial charge < -0.3 is 10.1 Å². The number of nitrogens with zero attached hydrogens (tertiary/aromatic N) is 1. The number of aryl methyl sites for hydroxylation is 1. The third kappa shape index (κ3) is 2.21. The molecule has 0 amide bonds. The molecule has 0 aliphatic heterocycles. The Kier molecular flexibility index (Phi) is 2.96. The standard InChI is InChI=1S/C10H12N2OS/c13-9(10-11-5-6-12-10)4-3-8-2-1-7-14-8/h1-2,5-7,9,13H,3-4H2,(H,11,12). The Hall–Kier alpha value is -1.13. The number of rotatable bonds is 4. The summed E-state index contributed by atoms with van der Waals surface area (Å²) in [6.45, 7) is 0. The number of H-pyrrole nitrogens is 1. The second-order valence-electron chi connectivity index (χ2n) is 3.11. The smallest absolute Gasteiger partial charge is 0.135 e. The zero-order chi connectivity index (χ0) is 9.80. The summed E-state index contributed by atoms with van der Waals surface area (Å²) in [5, 5.41) is 11.8. The molecule has 1 atom stereocenters. The zero-order valence-corrected chi connectivity index (χ0v) is 8.50. The van der Waals surface area contributed by atoms with Crippen LogP contribution in [0.15, 0.2) is 29.9 Å². The Bertz CT molecular complexity index is 355. The molecule has 2 N–H and O–H groups in total. The van der Waals surface area contributed by atoms with Gasteiger partial charge in [-0.1, -0.05) is 6.07 Å². The highest BCUT2D eigenvalue weighted by Crippen LogP contribution is 2.17. The fourth-order valence-corrected chi connectivity index (χ4v) is 2.06. The molecule has 2 aromatic heterocycles. The van der Waals surface area contributed by atoms with E-state index in [1.807, 2.05) is 6.07 Å². The quantitative estimate of drug-likeness (QED) is 0.808. The maximum absolute atomic E-state index is 9.72. The molecule has 0 aliphatic carbocycles. The third-order valence-corrected chi connectivity index (χ3v) is 3.02. The summed E-state index contributed by atoms with van der Waals surface area (Å²) in [6.07, 6.45) is 4.52. The molecule has 2 heterocycles. The summed E-state index contributed by atoms with van der Waals surface area (Å²) in [5.41, 5.74) is 0. The predicted octanol–water partition coefficient (Wildman–Crippen LogP) is 2.14. The van der Waals surface area contributed by atoms with Crippen LogP contribution in [-0.2, 0) is 6.42 Å². The Labute approximate surface area is 86.4 Å². The van der Waals surface area contributed by atoms with Gasteiger partial charge in [0.05, 0.1) is 0 Å². The summed E-state index contributed by atoms with van der Waals surface area (Å²) in [4.78, 5) is 8.22. The largest absolute Gasteiger partial charge is 0.385 e. The molecule has 4 heteroatoms. The van der Waals surface area contributed by atoms with Crippen molar-refractivity contribution in [3.63, 3.8) is 0 Å². The van der Waals surface area contributed by atoms with Crippen LogP contribution in [0.3, 0.4) is 0 Å². The van der Waals surface area contributed by atoms with Crippen LogP contribution in [-0.4, -0.2) is 15.1 Å². The number of imidazole rings is 1. The van der Waals surface area contributed by atoms with Crippen LogP contribution in [0.5, 0.6) is 0 Å². The number of aliphatic hydroxyl groups is 1. The van der Waals surface area contributed by atoms with E-state index < -0.39 is 6.10 Å². The van der Waals surface area contributed by atoms with E-state index in [1.54, 1.807) is 23.7 Å². The van der Waals surface area contributed by atoms with E-state index in [9.17, 15) is 5.11 Å². The second kappa shape index (κ2) is 4.39. The van der Waals surface area contributed by atoms with Gasteiger partial charge in [-0.05, 0) is 24.3 Å². The van der Waals surface area contributed by atoms with Gasteiger partial charge in [-0.15, -0.1) is 11.3 Å². The number of thiophene rings is 1. The molecule has 0 bridgehead atoms. The van der Waals surface area contributed by atoms with Gasteiger partial charge in [-0.3, -0.25) is 0 Å². The second-order valence-corrected chi connectivity index (χ2v) is 4.14. The van der Waals surface area contributed by atoms with Crippen molar-refractivity contribution in [2.75, 3.05) is 0 Å². The number of nitrogens with one attached hydrogen (secondary N) is 1. The molecule has 2 rings (SSSR count). The molecule has 0 fully saturated rings. The fraction of sp³-hybridized carbons (Fsp3) is 0.300. The van der Waals surface area contributed by atoms with Crippen LogP contribution in [0, 0.1) is 0 Å². The van der Waals surface area contributed by atoms with Gasteiger partial charge >= 0.3 is 0 Å². The highest BCUT2D eigenvalue weighted by Gasteiger charge is 2.09. The molecule has 1 unspecified atom stereocenters. The average molecular weight is 208 g/mol. The first-order chi connectivity index (χ1) is 6.86. The lowest BCUT2D eigenvalue weighted by atomic mass is 10.1. The molecular weight excluding hydrogens is 196 g/mol. The monoisotopic (exact) mass is 208 g/mol. The van der Waals surface area contributed by atoms with Crippen LogP contribution in [0.2, 0.25) is 0 Å². The molecule has 0 aliphatic rings. The Balaban J connectivity index is 1.87. The van der Waals surface area contributed by atoms with E-state index in [4.69, 9.17) is 0 Å². The number of aromatic amines is 1. The van der Waals surface area contributed by atoms with E-state index in [1.165, 1.54) is 4.88 Å². The molecule has 14 heavy (non-hydrogen) atoms. The first-order valence-electron chi connectivity index (χ1n) is 4.56. The Morgan fingerprint density at radius 2 is 2.50 bits per heavy atom. The van der Waals surface area contributed by atoms with Crippen molar-refractivity contribution in [3.8, 4) is 0 Å². The van der Waals surface area contributed by atoms with Gasteiger partial charge in [-0.25, -0.2) is 4.98 Å². The summed E-state index contributed by atoms with van der Waals surface area (Å²) in [7, 11) is 0. The lowest BCUT2D eigenvalue weighted by Gasteiger charge is -2.05. The highest BCUT2D eigenvalue weighted by atomic mass is 32.1. The molecule has 0 radical (unpaired) electrons. The van der Waals surface area contributed by atoms with Crippen LogP contribution in [0.1, 0.15) is 23.2 Å². The molecule has 0 saturated carbocycles. The van der Waals surface area contributed by atoms with E-state index in [0.717, 1.165) is 6.42 Å². The predicted molar refractivity (Wildman–Crippen MR) is 56.2 cm³/mol. The summed E-state index contributed by atoms with van der Waals surface area (Å²) < 4.78 is 0. The van der Waals surface area contributed by atoms with Crippen molar-refractivity contribution in [3.05, 3.63) is 40.6 Å². The van der Waals surface area contributed by atoms with Crippen LogP contribution in [0.25, 0.3) is 0 Å². The van der Waals surface area contributed by atoms with Crippen LogP contribution in [0.4, 0.5) is 0 Å². The molecule has 3 nitrogen and oxygen atoms in total. The van der Waals surface area contributed by atoms with Crippen molar-refractivity contribution in [2.24, 2.45) is 0 Å². The number of aliphatic hydroxyl groups excluding tert-OH is 1. The molecule has 0 saturated heterocycles. The molecule has 0 spiro atoms. The van der Waals surface area contributed by atoms with Crippen molar-refractivity contribution in [1.82, 2.24) is 9.97 Å². The van der Waals surface area contributed by atoms with E-state index in [-0.39, 0.29) is 0 Å². The first-order valence-corrected chi connectivity index (χ1v) is 5.44. The third-order valence-electron chi connectivity index (χ3n) is 2.08. The van der Waals surface area contributed by atoms with Crippen molar-refractivity contribution in [2.45, 2.75) is 18.9 Å². The normalized spacial score (nSPS) is 12.9. The minimum Gasteiger partial charge on any atom is -0.385 e. The minimum atomic E-state index is -0.480. The van der Waals surface area contributed by atoms with E-state index in [0.29, 0.717) is 12.2 Å². The fourth-order valence-electron chi connectivity index (χ4n) is 1.33. The Morgan fingerprint density at radius 1 is 1.57 bits per heavy atom. The molecule has 74 valence electrons. The van der Waals surface area contributed by atoms with E-state index >= 15 is 0 Å². The average Bonchev–Trinajstić information content (AvgIpc) is 2.87. The maximum Gasteiger partial charge on any atom is 0.135 e. The SMILES string of the molecule is OC(CCc1cccs1)c1ncc[nH]1. The lowest BCUT2D eigenvalue weighted by Crippen LogP contribution is -2.00. The van der Waals surface area contributed by atoms with Crippen molar-refractivity contribution in [1.29, 1.82) is 0 Å². The Morgan fingerprint density at radius 3 is 3.14 bits per heavy atom. The summed E-state index contributed by atoms with van der Waals surface area (Å²) >= 11 is 1.72. The van der Waals surface area contributed by atoms with Crippen LogP contribution < -0.4 is 0 Å². The van der Waals surface area contributed by atoms with Crippen molar-refractivity contribution >= 4 is 11.3 Å². The van der Waals surface area contributed by atoms with Gasteiger partial charge in [0.2, 0.25) is 0 Å². The van der Waals surface area contributed by atoms with Crippen LogP contribution >= 0.6 is 11.3 Å². The minimum absolute atomic E-state index is 0.480. The zero-order valence-electron chi connectivity index (χ0n) is 7.68. The van der Waals surface area contributed by atoms with Crippen molar-refractivity contribution < 1.29 is 5.11 Å². The van der Waals surface area contributed by atoms with Gasteiger partial charge in [0.15, 0.2) is 0 Å². The first kappa shape index (κ1) is 9.43. The number of aromatic nitrogens is 2. The maximum atomic E-state index is 9.72. The number of hydrogen-bond donors (Lipinski definition) is 2. The van der Waals surface area contributed by atoms with E-state index in [2.05, 4.69) is 21.4 Å². The highest BCUT2D eigenvalue weighted by molar-refractivity contribution is 7.09. The molecule has 2 aromatic rings. The summed E-state index contributed by atoms with van der Waals surface area (Å²) in [5.74, 6) is 0.654. The molecule has 0 aromatic carbocycles. The number of hydrogen-bond acceptors (Lipinski definition) is 3. The van der Waals surface area contributed by atoms with Gasteiger partial charge in [0.25, 0.3) is 0 Å². The topological polar surface area (TPSA) is 48.9 Å².